The smallest absolute Gasteiger partial charge is 0.231 e. The SMILES string of the molecule is Cc1cc(CN2CCN(C(=O)CCc3ccc4c(c3)OCO4)CC2)on1. The molecule has 0 saturated carbocycles. The monoisotopic (exact) mass is 357 g/mol. The van der Waals surface area contributed by atoms with E-state index in [9.17, 15) is 4.79 Å². The van der Waals surface area contributed by atoms with E-state index in [1.54, 1.807) is 0 Å². The Hall–Kier alpha value is -2.54. The number of aromatic nitrogens is 1. The lowest BCUT2D eigenvalue weighted by atomic mass is 10.1. The summed E-state index contributed by atoms with van der Waals surface area (Å²) in [6.45, 7) is 6.17. The number of carbonyl (C=O) groups is 1. The number of fused-ring (bicyclic) bond motifs is 1. The number of aryl methyl sites for hydroxylation is 2. The first-order valence-corrected chi connectivity index (χ1v) is 8.98. The number of rotatable bonds is 5. The molecule has 0 bridgehead atoms. The molecule has 0 radical (unpaired) electrons. The molecule has 0 aliphatic carbocycles. The zero-order valence-electron chi connectivity index (χ0n) is 14.9. The maximum absolute atomic E-state index is 12.5. The highest BCUT2D eigenvalue weighted by atomic mass is 16.7. The Morgan fingerprint density at radius 2 is 1.92 bits per heavy atom. The van der Waals surface area contributed by atoms with Crippen LogP contribution in [0.1, 0.15) is 23.4 Å². The lowest BCUT2D eigenvalue weighted by molar-refractivity contribution is -0.133. The summed E-state index contributed by atoms with van der Waals surface area (Å²) < 4.78 is 16.0. The van der Waals surface area contributed by atoms with Crippen LogP contribution in [0.4, 0.5) is 0 Å². The number of hydrogen-bond acceptors (Lipinski definition) is 6. The minimum Gasteiger partial charge on any atom is -0.454 e. The van der Waals surface area contributed by atoms with Crippen molar-refractivity contribution in [1.29, 1.82) is 0 Å². The first kappa shape index (κ1) is 16.9. The highest BCUT2D eigenvalue weighted by Crippen LogP contribution is 2.32. The van der Waals surface area contributed by atoms with Gasteiger partial charge in [-0.3, -0.25) is 9.69 Å². The van der Waals surface area contributed by atoms with Crippen molar-refractivity contribution in [1.82, 2.24) is 15.0 Å². The van der Waals surface area contributed by atoms with Gasteiger partial charge in [0.25, 0.3) is 0 Å². The largest absolute Gasteiger partial charge is 0.454 e. The molecule has 2 aliphatic heterocycles. The molecular weight excluding hydrogens is 334 g/mol. The zero-order valence-corrected chi connectivity index (χ0v) is 14.9. The van der Waals surface area contributed by atoms with Crippen LogP contribution in [0.2, 0.25) is 0 Å². The topological polar surface area (TPSA) is 68.0 Å². The highest BCUT2D eigenvalue weighted by Gasteiger charge is 2.22. The van der Waals surface area contributed by atoms with E-state index in [0.29, 0.717) is 12.8 Å². The van der Waals surface area contributed by atoms with E-state index in [0.717, 1.165) is 61.2 Å². The molecule has 26 heavy (non-hydrogen) atoms. The Balaban J connectivity index is 1.23. The molecule has 138 valence electrons. The van der Waals surface area contributed by atoms with Crippen LogP contribution in [0.25, 0.3) is 0 Å². The average Bonchev–Trinajstić information content (AvgIpc) is 3.28. The number of nitrogens with zero attached hydrogens (tertiary/aromatic N) is 3. The lowest BCUT2D eigenvalue weighted by Gasteiger charge is -2.34. The van der Waals surface area contributed by atoms with Crippen molar-refractivity contribution >= 4 is 5.91 Å². The quantitative estimate of drug-likeness (QED) is 0.815. The Morgan fingerprint density at radius 3 is 2.69 bits per heavy atom. The minimum atomic E-state index is 0.206. The third-order valence-electron chi connectivity index (χ3n) is 4.85. The molecule has 2 aromatic rings. The van der Waals surface area contributed by atoms with Gasteiger partial charge in [-0.05, 0) is 31.0 Å². The van der Waals surface area contributed by atoms with E-state index >= 15 is 0 Å². The number of carbonyl (C=O) groups excluding carboxylic acids is 1. The van der Waals surface area contributed by atoms with Crippen LogP contribution < -0.4 is 9.47 Å². The van der Waals surface area contributed by atoms with Gasteiger partial charge in [0.2, 0.25) is 12.7 Å². The summed E-state index contributed by atoms with van der Waals surface area (Å²) in [7, 11) is 0. The predicted octanol–water partition coefficient (Wildman–Crippen LogP) is 1.99. The third kappa shape index (κ3) is 3.83. The van der Waals surface area contributed by atoms with Crippen molar-refractivity contribution in [2.24, 2.45) is 0 Å². The fraction of sp³-hybridized carbons (Fsp3) is 0.474. The van der Waals surface area contributed by atoms with E-state index in [1.165, 1.54) is 0 Å². The summed E-state index contributed by atoms with van der Waals surface area (Å²) in [5, 5.41) is 3.92. The van der Waals surface area contributed by atoms with Crippen molar-refractivity contribution in [2.75, 3.05) is 33.0 Å². The second-order valence-electron chi connectivity index (χ2n) is 6.78. The van der Waals surface area contributed by atoms with E-state index in [4.69, 9.17) is 14.0 Å². The molecule has 1 fully saturated rings. The predicted molar refractivity (Wildman–Crippen MR) is 94.0 cm³/mol. The number of amides is 1. The number of hydrogen-bond donors (Lipinski definition) is 0. The normalized spacial score (nSPS) is 16.9. The molecule has 1 aromatic heterocycles. The number of benzene rings is 1. The minimum absolute atomic E-state index is 0.206. The Bertz CT molecular complexity index is 781. The lowest BCUT2D eigenvalue weighted by Crippen LogP contribution is -2.48. The van der Waals surface area contributed by atoms with Crippen LogP contribution in [-0.4, -0.2) is 53.8 Å². The molecular formula is C19H23N3O4. The van der Waals surface area contributed by atoms with Gasteiger partial charge >= 0.3 is 0 Å². The van der Waals surface area contributed by atoms with Crippen molar-refractivity contribution in [3.63, 3.8) is 0 Å². The summed E-state index contributed by atoms with van der Waals surface area (Å²) in [6.07, 6.45) is 1.23. The molecule has 3 heterocycles. The van der Waals surface area contributed by atoms with Gasteiger partial charge in [-0.1, -0.05) is 11.2 Å². The van der Waals surface area contributed by atoms with E-state index in [1.807, 2.05) is 36.1 Å². The fourth-order valence-electron chi connectivity index (χ4n) is 3.37. The molecule has 4 rings (SSSR count). The van der Waals surface area contributed by atoms with Crippen molar-refractivity contribution in [3.8, 4) is 11.5 Å². The fourth-order valence-corrected chi connectivity index (χ4v) is 3.37. The summed E-state index contributed by atoms with van der Waals surface area (Å²) in [5.74, 6) is 2.63. The van der Waals surface area contributed by atoms with Crippen LogP contribution in [0.15, 0.2) is 28.8 Å². The zero-order chi connectivity index (χ0) is 17.9. The van der Waals surface area contributed by atoms with Gasteiger partial charge in [0.1, 0.15) is 0 Å². The maximum Gasteiger partial charge on any atom is 0.231 e. The van der Waals surface area contributed by atoms with E-state index in [-0.39, 0.29) is 12.7 Å². The van der Waals surface area contributed by atoms with Crippen LogP contribution in [0, 0.1) is 6.92 Å². The van der Waals surface area contributed by atoms with Gasteiger partial charge in [0.15, 0.2) is 17.3 Å². The maximum atomic E-state index is 12.5. The Morgan fingerprint density at radius 1 is 1.12 bits per heavy atom. The average molecular weight is 357 g/mol. The summed E-state index contributed by atoms with van der Waals surface area (Å²) in [6, 6.07) is 7.83. The van der Waals surface area contributed by atoms with Crippen LogP contribution in [0.3, 0.4) is 0 Å². The summed E-state index contributed by atoms with van der Waals surface area (Å²) >= 11 is 0. The second-order valence-corrected chi connectivity index (χ2v) is 6.78. The molecule has 0 unspecified atom stereocenters. The van der Waals surface area contributed by atoms with Crippen LogP contribution >= 0.6 is 0 Å². The second kappa shape index (κ2) is 7.37. The summed E-state index contributed by atoms with van der Waals surface area (Å²) in [5.41, 5.74) is 2.00. The van der Waals surface area contributed by atoms with Gasteiger partial charge in [0, 0.05) is 38.7 Å². The molecule has 1 saturated heterocycles. The molecule has 7 nitrogen and oxygen atoms in total. The Kier molecular flexibility index (Phi) is 4.79. The standard InChI is InChI=1S/C19H23N3O4/c1-14-10-16(26-20-14)12-21-6-8-22(9-7-21)19(23)5-3-15-2-4-17-18(11-15)25-13-24-17/h2,4,10-11H,3,5-9,12-13H2,1H3. The molecule has 7 heteroatoms. The van der Waals surface area contributed by atoms with Gasteiger partial charge in [-0.15, -0.1) is 0 Å². The van der Waals surface area contributed by atoms with Gasteiger partial charge < -0.3 is 18.9 Å². The first-order chi connectivity index (χ1) is 12.7. The Labute approximate surface area is 152 Å². The number of ether oxygens (including phenoxy) is 2. The van der Waals surface area contributed by atoms with Crippen molar-refractivity contribution < 1.29 is 18.8 Å². The van der Waals surface area contributed by atoms with E-state index < -0.39 is 0 Å². The summed E-state index contributed by atoms with van der Waals surface area (Å²) in [4.78, 5) is 16.7. The van der Waals surface area contributed by atoms with Gasteiger partial charge in [0.05, 0.1) is 12.2 Å². The number of piperazine rings is 1. The van der Waals surface area contributed by atoms with Crippen LogP contribution in [-0.2, 0) is 17.8 Å². The molecule has 2 aliphatic rings. The highest BCUT2D eigenvalue weighted by molar-refractivity contribution is 5.76. The van der Waals surface area contributed by atoms with E-state index in [2.05, 4.69) is 10.1 Å². The van der Waals surface area contributed by atoms with Gasteiger partial charge in [-0.25, -0.2) is 0 Å². The van der Waals surface area contributed by atoms with Gasteiger partial charge in [-0.2, -0.15) is 0 Å². The van der Waals surface area contributed by atoms with Crippen molar-refractivity contribution in [2.45, 2.75) is 26.3 Å². The first-order valence-electron chi connectivity index (χ1n) is 8.98. The molecule has 1 aromatic carbocycles. The van der Waals surface area contributed by atoms with Crippen LogP contribution in [0.5, 0.6) is 11.5 Å². The molecule has 0 spiro atoms. The molecule has 1 amide bonds. The molecule has 0 N–H and O–H groups in total. The van der Waals surface area contributed by atoms with Crippen molar-refractivity contribution in [3.05, 3.63) is 41.3 Å². The molecule has 0 atom stereocenters. The third-order valence-corrected chi connectivity index (χ3v) is 4.85.